The van der Waals surface area contributed by atoms with Gasteiger partial charge in [-0.2, -0.15) is 0 Å². The van der Waals surface area contributed by atoms with Crippen molar-refractivity contribution in [3.05, 3.63) is 29.8 Å². The van der Waals surface area contributed by atoms with Crippen LogP contribution in [0, 0.1) is 0 Å². The van der Waals surface area contributed by atoms with Gasteiger partial charge in [0.1, 0.15) is 5.75 Å². The van der Waals surface area contributed by atoms with Gasteiger partial charge in [0.2, 0.25) is 0 Å². The van der Waals surface area contributed by atoms with Crippen LogP contribution >= 0.6 is 0 Å². The van der Waals surface area contributed by atoms with Gasteiger partial charge in [0, 0.05) is 0 Å². The van der Waals surface area contributed by atoms with Gasteiger partial charge < -0.3 is 14.9 Å². The number of rotatable bonds is 8. The Morgan fingerprint density at radius 1 is 1.00 bits per heavy atom. The van der Waals surface area contributed by atoms with E-state index in [-0.39, 0.29) is 12.0 Å². The summed E-state index contributed by atoms with van der Waals surface area (Å²) in [4.78, 5) is 0. The molecule has 1 aromatic carbocycles. The van der Waals surface area contributed by atoms with Gasteiger partial charge in [0.05, 0.1) is 18.3 Å². The Morgan fingerprint density at radius 2 is 1.60 bits per heavy atom. The fourth-order valence-electron chi connectivity index (χ4n) is 2.29. The Hall–Kier alpha value is -1.06. The fraction of sp³-hybridized carbons (Fsp3) is 0.647. The summed E-state index contributed by atoms with van der Waals surface area (Å²) < 4.78 is 5.61. The van der Waals surface area contributed by atoms with Crippen molar-refractivity contribution in [1.29, 1.82) is 0 Å². The zero-order valence-electron chi connectivity index (χ0n) is 13.0. The lowest BCUT2D eigenvalue weighted by Crippen LogP contribution is -2.27. The van der Waals surface area contributed by atoms with E-state index in [9.17, 15) is 10.2 Å². The minimum atomic E-state index is -0.656. The fourth-order valence-corrected chi connectivity index (χ4v) is 2.29. The Balaban J connectivity index is 2.56. The van der Waals surface area contributed by atoms with E-state index >= 15 is 0 Å². The number of hydrogen-bond acceptors (Lipinski definition) is 3. The highest BCUT2D eigenvalue weighted by atomic mass is 16.5. The van der Waals surface area contributed by atoms with E-state index in [1.165, 1.54) is 0 Å². The second-order valence-corrected chi connectivity index (χ2v) is 5.80. The van der Waals surface area contributed by atoms with Crippen LogP contribution in [0.4, 0.5) is 0 Å². The van der Waals surface area contributed by atoms with E-state index in [0.29, 0.717) is 12.8 Å². The lowest BCUT2D eigenvalue weighted by Gasteiger charge is -2.21. The summed E-state index contributed by atoms with van der Waals surface area (Å²) in [7, 11) is 0. The molecule has 0 aromatic heterocycles. The van der Waals surface area contributed by atoms with E-state index in [4.69, 9.17) is 4.74 Å². The summed E-state index contributed by atoms with van der Waals surface area (Å²) in [5.41, 5.74) is 1.16. The smallest absolute Gasteiger partial charge is 0.119 e. The van der Waals surface area contributed by atoms with Crippen molar-refractivity contribution in [2.24, 2.45) is 0 Å². The van der Waals surface area contributed by atoms with Crippen LogP contribution in [-0.2, 0) is 0 Å². The number of ether oxygens (including phenoxy) is 1. The van der Waals surface area contributed by atoms with Gasteiger partial charge in [0.25, 0.3) is 0 Å². The minimum Gasteiger partial charge on any atom is -0.491 e. The summed E-state index contributed by atoms with van der Waals surface area (Å²) in [6.45, 7) is 8.08. The van der Waals surface area contributed by atoms with E-state index in [1.54, 1.807) is 0 Å². The topological polar surface area (TPSA) is 49.7 Å². The van der Waals surface area contributed by atoms with Crippen molar-refractivity contribution in [3.63, 3.8) is 0 Å². The third kappa shape index (κ3) is 5.51. The maximum absolute atomic E-state index is 9.98. The second-order valence-electron chi connectivity index (χ2n) is 5.80. The molecule has 3 unspecified atom stereocenters. The molecule has 0 heterocycles. The molecular weight excluding hydrogens is 252 g/mol. The normalized spacial score (nSPS) is 15.9. The first-order valence-corrected chi connectivity index (χ1v) is 7.56. The largest absolute Gasteiger partial charge is 0.491 e. The molecule has 0 fully saturated rings. The molecule has 1 aromatic rings. The first-order chi connectivity index (χ1) is 9.43. The Bertz CT molecular complexity index is 372. The van der Waals surface area contributed by atoms with E-state index in [2.05, 4.69) is 6.92 Å². The first kappa shape index (κ1) is 17.0. The van der Waals surface area contributed by atoms with Crippen LogP contribution in [0.1, 0.15) is 58.4 Å². The number of aliphatic hydroxyl groups excluding tert-OH is 2. The molecule has 0 radical (unpaired) electrons. The molecule has 3 nitrogen and oxygen atoms in total. The highest BCUT2D eigenvalue weighted by molar-refractivity contribution is 5.29. The Labute approximate surface area is 122 Å². The monoisotopic (exact) mass is 280 g/mol. The van der Waals surface area contributed by atoms with Crippen molar-refractivity contribution in [1.82, 2.24) is 0 Å². The number of hydrogen-bond donors (Lipinski definition) is 2. The number of benzene rings is 1. The Morgan fingerprint density at radius 3 is 2.10 bits per heavy atom. The highest BCUT2D eigenvalue weighted by Crippen LogP contribution is 2.25. The van der Waals surface area contributed by atoms with Crippen LogP contribution in [0.3, 0.4) is 0 Å². The third-order valence-electron chi connectivity index (χ3n) is 3.44. The van der Waals surface area contributed by atoms with Gasteiger partial charge in [0.15, 0.2) is 0 Å². The zero-order valence-corrected chi connectivity index (χ0v) is 13.0. The molecule has 114 valence electrons. The lowest BCUT2D eigenvalue weighted by molar-refractivity contribution is 0.00637. The molecular formula is C17H28O3. The van der Waals surface area contributed by atoms with Crippen molar-refractivity contribution in [2.45, 2.75) is 71.2 Å². The van der Waals surface area contributed by atoms with Crippen LogP contribution < -0.4 is 4.74 Å². The molecule has 20 heavy (non-hydrogen) atoms. The average molecular weight is 280 g/mol. The van der Waals surface area contributed by atoms with Crippen molar-refractivity contribution < 1.29 is 14.9 Å². The molecule has 0 saturated heterocycles. The van der Waals surface area contributed by atoms with Crippen LogP contribution in [-0.4, -0.2) is 28.5 Å². The molecule has 3 heteroatoms. The standard InChI is InChI=1S/C17H28O3/c1-5-6-16(18)17(19)11-13(4)14-7-9-15(10-8-14)20-12(2)3/h7-10,12-13,16-19H,5-6,11H2,1-4H3. The van der Waals surface area contributed by atoms with Gasteiger partial charge >= 0.3 is 0 Å². The predicted octanol–water partition coefficient (Wildman–Crippen LogP) is 3.49. The van der Waals surface area contributed by atoms with Gasteiger partial charge in [-0.05, 0) is 50.3 Å². The van der Waals surface area contributed by atoms with E-state index in [1.807, 2.05) is 45.0 Å². The van der Waals surface area contributed by atoms with Gasteiger partial charge in [-0.25, -0.2) is 0 Å². The van der Waals surface area contributed by atoms with E-state index < -0.39 is 12.2 Å². The highest BCUT2D eigenvalue weighted by Gasteiger charge is 2.19. The SMILES string of the molecule is CCCC(O)C(O)CC(C)c1ccc(OC(C)C)cc1. The third-order valence-corrected chi connectivity index (χ3v) is 3.44. The zero-order chi connectivity index (χ0) is 15.1. The van der Waals surface area contributed by atoms with Crippen molar-refractivity contribution >= 4 is 0 Å². The van der Waals surface area contributed by atoms with Crippen molar-refractivity contribution in [2.75, 3.05) is 0 Å². The minimum absolute atomic E-state index is 0.171. The molecule has 1 rings (SSSR count). The van der Waals surface area contributed by atoms with Crippen LogP contribution in [0.15, 0.2) is 24.3 Å². The van der Waals surface area contributed by atoms with Gasteiger partial charge in [-0.15, -0.1) is 0 Å². The van der Waals surface area contributed by atoms with E-state index in [0.717, 1.165) is 17.7 Å². The van der Waals surface area contributed by atoms with Gasteiger partial charge in [-0.1, -0.05) is 32.4 Å². The molecule has 3 atom stereocenters. The second kappa shape index (κ2) is 8.28. The average Bonchev–Trinajstić information content (AvgIpc) is 2.39. The van der Waals surface area contributed by atoms with Crippen LogP contribution in [0.5, 0.6) is 5.75 Å². The maximum Gasteiger partial charge on any atom is 0.119 e. The number of aliphatic hydroxyl groups is 2. The lowest BCUT2D eigenvalue weighted by atomic mass is 9.92. The molecule has 2 N–H and O–H groups in total. The molecule has 0 bridgehead atoms. The molecule has 0 aliphatic rings. The van der Waals surface area contributed by atoms with Crippen LogP contribution in [0.25, 0.3) is 0 Å². The quantitative estimate of drug-likeness (QED) is 0.766. The first-order valence-electron chi connectivity index (χ1n) is 7.56. The molecule has 0 aliphatic heterocycles. The van der Waals surface area contributed by atoms with Gasteiger partial charge in [-0.3, -0.25) is 0 Å². The predicted molar refractivity (Wildman–Crippen MR) is 82.2 cm³/mol. The summed E-state index contributed by atoms with van der Waals surface area (Å²) in [5.74, 6) is 1.08. The van der Waals surface area contributed by atoms with Crippen LogP contribution in [0.2, 0.25) is 0 Å². The summed E-state index contributed by atoms with van der Waals surface area (Å²) in [6, 6.07) is 7.98. The summed E-state index contributed by atoms with van der Waals surface area (Å²) in [5, 5.41) is 19.8. The van der Waals surface area contributed by atoms with Crippen molar-refractivity contribution in [3.8, 4) is 5.75 Å². The summed E-state index contributed by atoms with van der Waals surface area (Å²) >= 11 is 0. The molecule has 0 spiro atoms. The summed E-state index contributed by atoms with van der Waals surface area (Å²) in [6.07, 6.45) is 1.00. The Kier molecular flexibility index (Phi) is 7.03. The molecule has 0 aliphatic carbocycles. The maximum atomic E-state index is 9.98. The molecule has 0 saturated carbocycles. The molecule has 0 amide bonds.